The van der Waals surface area contributed by atoms with Crippen molar-refractivity contribution in [2.75, 3.05) is 19.5 Å². The molecular weight excluding hydrogens is 473 g/mol. The third kappa shape index (κ3) is 6.52. The highest BCUT2D eigenvalue weighted by atomic mass is 127. The molecule has 28 heavy (non-hydrogen) atoms. The molecule has 7 nitrogen and oxygen atoms in total. The Hall–Kier alpha value is -2.62. The van der Waals surface area contributed by atoms with Crippen molar-refractivity contribution in [3.05, 3.63) is 51.1 Å². The Morgan fingerprint density at radius 1 is 1.07 bits per heavy atom. The largest absolute Gasteiger partial charge is 0.493 e. The van der Waals surface area contributed by atoms with Crippen LogP contribution in [0, 0.1) is 10.5 Å². The average Bonchev–Trinajstić information content (AvgIpc) is 2.67. The van der Waals surface area contributed by atoms with Crippen molar-refractivity contribution in [3.63, 3.8) is 0 Å². The van der Waals surface area contributed by atoms with Crippen LogP contribution in [-0.4, -0.2) is 32.2 Å². The van der Waals surface area contributed by atoms with Gasteiger partial charge in [0.2, 0.25) is 11.8 Å². The number of carbonyl (C=O) groups excluding carboxylic acids is 2. The molecule has 0 radical (unpaired) electrons. The molecule has 0 unspecified atom stereocenters. The molecule has 0 heterocycles. The van der Waals surface area contributed by atoms with Gasteiger partial charge in [0.15, 0.2) is 11.5 Å². The van der Waals surface area contributed by atoms with Gasteiger partial charge in [-0.15, -0.1) is 0 Å². The van der Waals surface area contributed by atoms with Gasteiger partial charge in [-0.05, 0) is 59.3 Å². The quantitative estimate of drug-likeness (QED) is 0.334. The number of methoxy groups -OCH3 is 2. The van der Waals surface area contributed by atoms with Crippen LogP contribution in [0.1, 0.15) is 24.0 Å². The molecule has 2 rings (SSSR count). The molecule has 2 N–H and O–H groups in total. The van der Waals surface area contributed by atoms with Gasteiger partial charge in [-0.2, -0.15) is 5.10 Å². The van der Waals surface area contributed by atoms with E-state index in [1.54, 1.807) is 20.3 Å². The minimum Gasteiger partial charge on any atom is -0.493 e. The molecule has 0 aliphatic heterocycles. The number of rotatable bonds is 8. The van der Waals surface area contributed by atoms with E-state index in [0.717, 1.165) is 14.7 Å². The van der Waals surface area contributed by atoms with Crippen LogP contribution >= 0.6 is 22.6 Å². The van der Waals surface area contributed by atoms with E-state index in [1.165, 1.54) is 6.21 Å². The number of anilines is 1. The zero-order chi connectivity index (χ0) is 20.5. The van der Waals surface area contributed by atoms with Gasteiger partial charge in [0, 0.05) is 18.5 Å². The van der Waals surface area contributed by atoms with Crippen molar-refractivity contribution >= 4 is 46.3 Å². The second-order valence-corrected chi connectivity index (χ2v) is 7.11. The molecule has 0 fully saturated rings. The van der Waals surface area contributed by atoms with E-state index < -0.39 is 0 Å². The Morgan fingerprint density at radius 3 is 2.39 bits per heavy atom. The summed E-state index contributed by atoms with van der Waals surface area (Å²) in [5.41, 5.74) is 4.99. The first-order valence-electron chi connectivity index (χ1n) is 8.53. The van der Waals surface area contributed by atoms with Gasteiger partial charge in [0.1, 0.15) is 0 Å². The smallest absolute Gasteiger partial charge is 0.240 e. The molecule has 0 saturated carbocycles. The zero-order valence-corrected chi connectivity index (χ0v) is 18.1. The summed E-state index contributed by atoms with van der Waals surface area (Å²) in [4.78, 5) is 23.8. The van der Waals surface area contributed by atoms with Crippen molar-refractivity contribution < 1.29 is 19.1 Å². The molecule has 0 aromatic heterocycles. The fourth-order valence-electron chi connectivity index (χ4n) is 2.33. The summed E-state index contributed by atoms with van der Waals surface area (Å²) < 4.78 is 11.4. The number of nitrogens with zero attached hydrogens (tertiary/aromatic N) is 1. The summed E-state index contributed by atoms with van der Waals surface area (Å²) in [5.74, 6) is 0.654. The lowest BCUT2D eigenvalue weighted by molar-refractivity contribution is -0.124. The van der Waals surface area contributed by atoms with E-state index in [-0.39, 0.29) is 24.7 Å². The standard InChI is InChI=1S/C20H22IN3O4/c1-13-4-6-15(7-5-13)23-18(25)8-9-19(26)24-22-12-14-10-16(21)20(28-3)17(11-14)27-2/h4-7,10-12H,8-9H2,1-3H3,(H,23,25)(H,24,26). The first-order valence-corrected chi connectivity index (χ1v) is 9.60. The Balaban J connectivity index is 1.82. The molecule has 0 spiro atoms. The Labute approximate surface area is 177 Å². The number of nitrogens with one attached hydrogen (secondary N) is 2. The Bertz CT molecular complexity index is 866. The van der Waals surface area contributed by atoms with E-state index in [9.17, 15) is 9.59 Å². The number of hydrogen-bond donors (Lipinski definition) is 2. The van der Waals surface area contributed by atoms with Gasteiger partial charge in [-0.1, -0.05) is 17.7 Å². The van der Waals surface area contributed by atoms with E-state index in [4.69, 9.17) is 9.47 Å². The van der Waals surface area contributed by atoms with Crippen LogP contribution in [0.3, 0.4) is 0 Å². The summed E-state index contributed by atoms with van der Waals surface area (Å²) in [6.45, 7) is 1.97. The summed E-state index contributed by atoms with van der Waals surface area (Å²) in [5, 5.41) is 6.68. The molecule has 0 aliphatic carbocycles. The second kappa shape index (κ2) is 10.6. The zero-order valence-electron chi connectivity index (χ0n) is 15.9. The number of hydrazone groups is 1. The number of hydrogen-bond acceptors (Lipinski definition) is 5. The maximum atomic E-state index is 11.9. The SMILES string of the molecule is COc1cc(C=NNC(=O)CCC(=O)Nc2ccc(C)cc2)cc(I)c1OC. The van der Waals surface area contributed by atoms with Crippen molar-refractivity contribution in [3.8, 4) is 11.5 Å². The monoisotopic (exact) mass is 495 g/mol. The van der Waals surface area contributed by atoms with Crippen molar-refractivity contribution in [1.82, 2.24) is 5.43 Å². The number of aryl methyl sites for hydroxylation is 1. The second-order valence-electron chi connectivity index (χ2n) is 5.95. The topological polar surface area (TPSA) is 89.0 Å². The fraction of sp³-hybridized carbons (Fsp3) is 0.250. The first-order chi connectivity index (χ1) is 13.4. The molecule has 2 aromatic rings. The number of ether oxygens (including phenoxy) is 2. The maximum Gasteiger partial charge on any atom is 0.240 e. The maximum absolute atomic E-state index is 11.9. The lowest BCUT2D eigenvalue weighted by Gasteiger charge is -2.10. The molecule has 0 aliphatic rings. The summed E-state index contributed by atoms with van der Waals surface area (Å²) in [6.07, 6.45) is 1.62. The predicted octanol–water partition coefficient (Wildman–Crippen LogP) is 3.49. The van der Waals surface area contributed by atoms with Crippen LogP contribution in [-0.2, 0) is 9.59 Å². The van der Waals surface area contributed by atoms with Gasteiger partial charge < -0.3 is 14.8 Å². The highest BCUT2D eigenvalue weighted by Gasteiger charge is 2.10. The van der Waals surface area contributed by atoms with E-state index in [0.29, 0.717) is 17.2 Å². The predicted molar refractivity (Wildman–Crippen MR) is 117 cm³/mol. The molecule has 2 amide bonds. The van der Waals surface area contributed by atoms with E-state index in [1.807, 2.05) is 37.3 Å². The van der Waals surface area contributed by atoms with Crippen molar-refractivity contribution in [2.24, 2.45) is 5.10 Å². The molecular formula is C20H22IN3O4. The Morgan fingerprint density at radius 2 is 1.75 bits per heavy atom. The number of halogens is 1. The van der Waals surface area contributed by atoms with Crippen LogP contribution in [0.2, 0.25) is 0 Å². The van der Waals surface area contributed by atoms with Gasteiger partial charge in [-0.3, -0.25) is 9.59 Å². The van der Waals surface area contributed by atoms with Crippen molar-refractivity contribution in [1.29, 1.82) is 0 Å². The third-order valence-electron chi connectivity index (χ3n) is 3.77. The minimum atomic E-state index is -0.342. The van der Waals surface area contributed by atoms with Crippen LogP contribution in [0.4, 0.5) is 5.69 Å². The van der Waals surface area contributed by atoms with Gasteiger partial charge >= 0.3 is 0 Å². The molecule has 0 saturated heterocycles. The van der Waals surface area contributed by atoms with Gasteiger partial charge in [0.25, 0.3) is 0 Å². The van der Waals surface area contributed by atoms with Crippen LogP contribution in [0.15, 0.2) is 41.5 Å². The molecule has 0 bridgehead atoms. The number of benzene rings is 2. The van der Waals surface area contributed by atoms with Crippen molar-refractivity contribution in [2.45, 2.75) is 19.8 Å². The normalized spacial score (nSPS) is 10.6. The first kappa shape index (κ1) is 21.7. The highest BCUT2D eigenvalue weighted by Crippen LogP contribution is 2.32. The summed E-state index contributed by atoms with van der Waals surface area (Å²) in [6, 6.07) is 11.1. The van der Waals surface area contributed by atoms with Crippen LogP contribution in [0.25, 0.3) is 0 Å². The minimum absolute atomic E-state index is 0.0402. The van der Waals surface area contributed by atoms with E-state index >= 15 is 0 Å². The van der Waals surface area contributed by atoms with Crippen LogP contribution in [0.5, 0.6) is 11.5 Å². The molecule has 0 atom stereocenters. The molecule has 8 heteroatoms. The number of amides is 2. The van der Waals surface area contributed by atoms with E-state index in [2.05, 4.69) is 38.4 Å². The molecule has 2 aromatic carbocycles. The summed E-state index contributed by atoms with van der Waals surface area (Å²) >= 11 is 2.13. The fourth-order valence-corrected chi connectivity index (χ4v) is 3.18. The van der Waals surface area contributed by atoms with Gasteiger partial charge in [0.05, 0.1) is 24.0 Å². The van der Waals surface area contributed by atoms with Crippen LogP contribution < -0.4 is 20.2 Å². The number of carbonyl (C=O) groups is 2. The lowest BCUT2D eigenvalue weighted by Crippen LogP contribution is -2.20. The Kier molecular flexibility index (Phi) is 8.24. The highest BCUT2D eigenvalue weighted by molar-refractivity contribution is 14.1. The average molecular weight is 495 g/mol. The summed E-state index contributed by atoms with van der Waals surface area (Å²) in [7, 11) is 3.13. The molecule has 148 valence electrons. The van der Waals surface area contributed by atoms with Gasteiger partial charge in [-0.25, -0.2) is 5.43 Å². The third-order valence-corrected chi connectivity index (χ3v) is 4.57. The lowest BCUT2D eigenvalue weighted by atomic mass is 10.2.